The number of hydrogen-bond acceptors (Lipinski definition) is 5. The van der Waals surface area contributed by atoms with Crippen LogP contribution < -0.4 is 10.1 Å². The van der Waals surface area contributed by atoms with Crippen molar-refractivity contribution in [2.24, 2.45) is 0 Å². The largest absolute Gasteiger partial charge is 0.490 e. The molecule has 0 saturated heterocycles. The van der Waals surface area contributed by atoms with Crippen LogP contribution >= 0.6 is 12.4 Å². The zero-order valence-corrected chi connectivity index (χ0v) is 17.3. The van der Waals surface area contributed by atoms with E-state index >= 15 is 0 Å². The van der Waals surface area contributed by atoms with Gasteiger partial charge >= 0.3 is 0 Å². The molecule has 29 heavy (non-hydrogen) atoms. The topological polar surface area (TPSA) is 67.6 Å². The molecule has 1 amide bonds. The Kier molecular flexibility index (Phi) is 6.44. The Morgan fingerprint density at radius 1 is 1.34 bits per heavy atom. The molecule has 0 atom stereocenters. The molecule has 1 N–H and O–H groups in total. The van der Waals surface area contributed by atoms with Gasteiger partial charge in [-0.2, -0.15) is 0 Å². The van der Waals surface area contributed by atoms with Crippen molar-refractivity contribution in [2.75, 3.05) is 25.5 Å². The van der Waals surface area contributed by atoms with Crippen LogP contribution in [0, 0.1) is 6.92 Å². The van der Waals surface area contributed by atoms with Crippen LogP contribution in [0.15, 0.2) is 47.0 Å². The Balaban J connectivity index is 0.00000240. The minimum atomic E-state index is -0.103. The number of pyridine rings is 1. The van der Waals surface area contributed by atoms with Crippen LogP contribution in [0.25, 0.3) is 17.0 Å². The van der Waals surface area contributed by atoms with Gasteiger partial charge in [0.2, 0.25) is 5.91 Å². The predicted molar refractivity (Wildman–Crippen MR) is 117 cm³/mol. The molecule has 3 heterocycles. The summed E-state index contributed by atoms with van der Waals surface area (Å²) < 4.78 is 11.6. The second kappa shape index (κ2) is 9.01. The van der Waals surface area contributed by atoms with Crippen LogP contribution in [0.3, 0.4) is 0 Å². The monoisotopic (exact) mass is 413 g/mol. The third-order valence-corrected chi connectivity index (χ3v) is 4.86. The van der Waals surface area contributed by atoms with Crippen LogP contribution in [-0.2, 0) is 11.3 Å². The number of carbonyl (C=O) groups is 1. The molecular formula is C22H24ClN3O3. The molecule has 1 aliphatic rings. The van der Waals surface area contributed by atoms with Crippen LogP contribution in [-0.4, -0.2) is 36.0 Å². The lowest BCUT2D eigenvalue weighted by Crippen LogP contribution is -2.24. The first kappa shape index (κ1) is 20.7. The lowest BCUT2D eigenvalue weighted by Gasteiger charge is -2.14. The number of rotatable bonds is 4. The van der Waals surface area contributed by atoms with Gasteiger partial charge in [0.25, 0.3) is 0 Å². The van der Waals surface area contributed by atoms with Crippen molar-refractivity contribution in [2.45, 2.75) is 19.9 Å². The molecule has 0 bridgehead atoms. The Morgan fingerprint density at radius 3 is 3.00 bits per heavy atom. The third kappa shape index (κ3) is 4.54. The summed E-state index contributed by atoms with van der Waals surface area (Å²) in [6, 6.07) is 9.80. The fourth-order valence-corrected chi connectivity index (χ4v) is 3.22. The standard InChI is InChI=1S/C22H23N3O3.ClH/c1-15-17-6-3-4-7-18(17)28-20(15)14-25(2)21(26)9-8-16-12-19-22(24-13-16)23-10-5-11-27-19;/h3-4,6-9,12-13H,5,10-11,14H2,1-2H3,(H,23,24);1H. The highest BCUT2D eigenvalue weighted by Crippen LogP contribution is 2.27. The van der Waals surface area contributed by atoms with Crippen molar-refractivity contribution in [3.63, 3.8) is 0 Å². The fourth-order valence-electron chi connectivity index (χ4n) is 3.22. The molecule has 0 aliphatic carbocycles. The molecule has 1 aromatic carbocycles. The molecule has 2 aromatic heterocycles. The number of furan rings is 1. The van der Waals surface area contributed by atoms with Crippen molar-refractivity contribution < 1.29 is 13.9 Å². The Labute approximate surface area is 176 Å². The van der Waals surface area contributed by atoms with Gasteiger partial charge in [-0.25, -0.2) is 4.98 Å². The Bertz CT molecular complexity index is 1040. The van der Waals surface area contributed by atoms with E-state index in [1.165, 1.54) is 0 Å². The quantitative estimate of drug-likeness (QED) is 0.641. The number of anilines is 1. The summed E-state index contributed by atoms with van der Waals surface area (Å²) >= 11 is 0. The van der Waals surface area contributed by atoms with Crippen LogP contribution in [0.5, 0.6) is 5.75 Å². The molecule has 152 valence electrons. The van der Waals surface area contributed by atoms with Gasteiger partial charge in [0, 0.05) is 36.8 Å². The molecular weight excluding hydrogens is 390 g/mol. The van der Waals surface area contributed by atoms with Gasteiger partial charge in [0.1, 0.15) is 11.3 Å². The van der Waals surface area contributed by atoms with E-state index in [1.807, 2.05) is 37.3 Å². The van der Waals surface area contributed by atoms with Crippen molar-refractivity contribution in [1.29, 1.82) is 0 Å². The van der Waals surface area contributed by atoms with E-state index in [2.05, 4.69) is 10.3 Å². The number of aromatic nitrogens is 1. The summed E-state index contributed by atoms with van der Waals surface area (Å²) in [5, 5.41) is 4.32. The van der Waals surface area contributed by atoms with E-state index in [-0.39, 0.29) is 18.3 Å². The van der Waals surface area contributed by atoms with Gasteiger partial charge in [-0.3, -0.25) is 4.79 Å². The molecule has 0 saturated carbocycles. The number of halogens is 1. The highest BCUT2D eigenvalue weighted by Gasteiger charge is 2.14. The Morgan fingerprint density at radius 2 is 2.17 bits per heavy atom. The molecule has 3 aromatic rings. The number of aryl methyl sites for hydroxylation is 1. The molecule has 0 fully saturated rings. The summed E-state index contributed by atoms with van der Waals surface area (Å²) in [5.74, 6) is 2.17. The Hall–Kier alpha value is -2.99. The summed E-state index contributed by atoms with van der Waals surface area (Å²) in [6.07, 6.45) is 5.97. The van der Waals surface area contributed by atoms with Crippen molar-refractivity contribution in [3.8, 4) is 5.75 Å². The summed E-state index contributed by atoms with van der Waals surface area (Å²) in [6.45, 7) is 3.94. The van der Waals surface area contributed by atoms with E-state index < -0.39 is 0 Å². The van der Waals surface area contributed by atoms with Gasteiger partial charge in [-0.1, -0.05) is 18.2 Å². The maximum atomic E-state index is 12.5. The molecule has 6 nitrogen and oxygen atoms in total. The normalized spacial score (nSPS) is 13.2. The molecule has 0 unspecified atom stereocenters. The highest BCUT2D eigenvalue weighted by molar-refractivity contribution is 5.91. The molecule has 7 heteroatoms. The molecule has 4 rings (SSSR count). The zero-order valence-electron chi connectivity index (χ0n) is 16.5. The van der Waals surface area contributed by atoms with Gasteiger partial charge in [0.05, 0.1) is 13.2 Å². The predicted octanol–water partition coefficient (Wildman–Crippen LogP) is 4.42. The number of para-hydroxylation sites is 1. The fraction of sp³-hybridized carbons (Fsp3) is 0.273. The van der Waals surface area contributed by atoms with Gasteiger partial charge in [-0.15, -0.1) is 12.4 Å². The minimum Gasteiger partial charge on any atom is -0.490 e. The summed E-state index contributed by atoms with van der Waals surface area (Å²) in [7, 11) is 1.77. The number of fused-ring (bicyclic) bond motifs is 2. The van der Waals surface area contributed by atoms with Crippen LogP contribution in [0.4, 0.5) is 5.82 Å². The van der Waals surface area contributed by atoms with Gasteiger partial charge in [-0.05, 0) is 37.1 Å². The lowest BCUT2D eigenvalue weighted by molar-refractivity contribution is -0.125. The van der Waals surface area contributed by atoms with Crippen molar-refractivity contribution in [3.05, 3.63) is 59.5 Å². The van der Waals surface area contributed by atoms with Gasteiger partial charge in [0.15, 0.2) is 11.6 Å². The zero-order chi connectivity index (χ0) is 19.5. The maximum absolute atomic E-state index is 12.5. The first-order chi connectivity index (χ1) is 13.6. The van der Waals surface area contributed by atoms with E-state index in [9.17, 15) is 4.79 Å². The number of benzene rings is 1. The first-order valence-electron chi connectivity index (χ1n) is 9.39. The number of hydrogen-bond donors (Lipinski definition) is 1. The van der Waals surface area contributed by atoms with E-state index in [0.29, 0.717) is 13.2 Å². The molecule has 0 radical (unpaired) electrons. The number of nitrogens with zero attached hydrogens (tertiary/aromatic N) is 2. The first-order valence-corrected chi connectivity index (χ1v) is 9.39. The number of ether oxygens (including phenoxy) is 1. The second-order valence-corrected chi connectivity index (χ2v) is 6.92. The van der Waals surface area contributed by atoms with Crippen LogP contribution in [0.2, 0.25) is 0 Å². The SMILES string of the molecule is Cc1c(CN(C)C(=O)C=Cc2cnc3c(c2)OCCCN3)oc2ccccc12.Cl. The highest BCUT2D eigenvalue weighted by atomic mass is 35.5. The lowest BCUT2D eigenvalue weighted by atomic mass is 10.1. The smallest absolute Gasteiger partial charge is 0.246 e. The number of amides is 1. The van der Waals surface area contributed by atoms with E-state index in [1.54, 1.807) is 30.3 Å². The van der Waals surface area contributed by atoms with Crippen LogP contribution in [0.1, 0.15) is 23.3 Å². The number of likely N-dealkylation sites (N-methyl/N-ethyl adjacent to an activating group) is 1. The molecule has 0 spiro atoms. The average Bonchev–Trinajstić information content (AvgIpc) is 2.88. The second-order valence-electron chi connectivity index (χ2n) is 6.92. The van der Waals surface area contributed by atoms with E-state index in [0.717, 1.165) is 52.4 Å². The van der Waals surface area contributed by atoms with Crippen molar-refractivity contribution in [1.82, 2.24) is 9.88 Å². The summed E-state index contributed by atoms with van der Waals surface area (Å²) in [5.41, 5.74) is 2.74. The van der Waals surface area contributed by atoms with E-state index in [4.69, 9.17) is 9.15 Å². The number of nitrogens with one attached hydrogen (secondary N) is 1. The van der Waals surface area contributed by atoms with Gasteiger partial charge < -0.3 is 19.4 Å². The number of carbonyl (C=O) groups excluding carboxylic acids is 1. The third-order valence-electron chi connectivity index (χ3n) is 4.86. The summed E-state index contributed by atoms with van der Waals surface area (Å²) in [4.78, 5) is 18.5. The van der Waals surface area contributed by atoms with Crippen molar-refractivity contribution >= 4 is 41.2 Å². The maximum Gasteiger partial charge on any atom is 0.246 e. The average molecular weight is 414 g/mol. The molecule has 1 aliphatic heterocycles. The minimum absolute atomic E-state index is 0.